The fourth-order valence-electron chi connectivity index (χ4n) is 2.73. The van der Waals surface area contributed by atoms with E-state index >= 15 is 0 Å². The molecule has 1 saturated carbocycles. The van der Waals surface area contributed by atoms with E-state index in [0.29, 0.717) is 11.9 Å². The van der Waals surface area contributed by atoms with E-state index in [0.717, 1.165) is 19.3 Å². The molecule has 0 saturated heterocycles. The number of rotatable bonds is 7. The molecule has 0 radical (unpaired) electrons. The molecule has 5 heteroatoms. The average Bonchev–Trinajstić information content (AvgIpc) is 2.72. The molecule has 2 N–H and O–H groups in total. The second-order valence-electron chi connectivity index (χ2n) is 6.05. The van der Waals surface area contributed by atoms with Crippen molar-refractivity contribution in [1.82, 2.24) is 5.32 Å². The van der Waals surface area contributed by atoms with Crippen LogP contribution in [0.15, 0.2) is 0 Å². The molecule has 0 heterocycles. The molecule has 4 atom stereocenters. The van der Waals surface area contributed by atoms with E-state index in [1.807, 2.05) is 20.8 Å². The van der Waals surface area contributed by atoms with Crippen LogP contribution >= 0.6 is 11.8 Å². The molecule has 118 valence electrons. The molecule has 0 bridgehead atoms. The third kappa shape index (κ3) is 4.64. The molecule has 20 heavy (non-hydrogen) atoms. The van der Waals surface area contributed by atoms with Crippen molar-refractivity contribution in [3.05, 3.63) is 0 Å². The second kappa shape index (κ2) is 7.66. The molecule has 1 fully saturated rings. The van der Waals surface area contributed by atoms with Crippen LogP contribution in [0.5, 0.6) is 0 Å². The Hall–Kier alpha value is -0.260. The largest absolute Gasteiger partial charge is 0.465 e. The van der Waals surface area contributed by atoms with Gasteiger partial charge in [0.1, 0.15) is 5.54 Å². The lowest BCUT2D eigenvalue weighted by atomic mass is 9.96. The van der Waals surface area contributed by atoms with Crippen LogP contribution in [0.25, 0.3) is 0 Å². The lowest BCUT2D eigenvalue weighted by molar-refractivity contribution is -0.151. The molecule has 0 aliphatic heterocycles. The summed E-state index contributed by atoms with van der Waals surface area (Å²) >= 11 is 1.78. The van der Waals surface area contributed by atoms with Crippen molar-refractivity contribution >= 4 is 17.7 Å². The van der Waals surface area contributed by atoms with Gasteiger partial charge in [0, 0.05) is 16.5 Å². The highest BCUT2D eigenvalue weighted by molar-refractivity contribution is 8.00. The van der Waals surface area contributed by atoms with E-state index in [1.54, 1.807) is 11.8 Å². The van der Waals surface area contributed by atoms with Gasteiger partial charge in [-0.3, -0.25) is 10.1 Å². The third-order valence-electron chi connectivity index (χ3n) is 3.79. The molecule has 1 aliphatic carbocycles. The van der Waals surface area contributed by atoms with Gasteiger partial charge < -0.3 is 9.84 Å². The van der Waals surface area contributed by atoms with E-state index < -0.39 is 5.54 Å². The van der Waals surface area contributed by atoms with E-state index in [4.69, 9.17) is 4.74 Å². The molecular weight excluding hydrogens is 274 g/mol. The normalized spacial score (nSPS) is 29.4. The van der Waals surface area contributed by atoms with Crippen LogP contribution in [-0.4, -0.2) is 45.9 Å². The van der Waals surface area contributed by atoms with Crippen molar-refractivity contribution in [2.24, 2.45) is 0 Å². The zero-order valence-corrected chi connectivity index (χ0v) is 14.1. The molecule has 1 aliphatic rings. The second-order valence-corrected chi connectivity index (χ2v) is 7.73. The highest BCUT2D eigenvalue weighted by atomic mass is 32.2. The summed E-state index contributed by atoms with van der Waals surface area (Å²) in [5.41, 5.74) is -0.541. The Morgan fingerprint density at radius 1 is 1.45 bits per heavy atom. The minimum absolute atomic E-state index is 0.124. The van der Waals surface area contributed by atoms with Crippen LogP contribution in [0.3, 0.4) is 0 Å². The van der Waals surface area contributed by atoms with Gasteiger partial charge in [-0.2, -0.15) is 11.8 Å². The van der Waals surface area contributed by atoms with Crippen molar-refractivity contribution in [1.29, 1.82) is 0 Å². The Bertz CT molecular complexity index is 322. The Kier molecular flexibility index (Phi) is 6.82. The third-order valence-corrected chi connectivity index (χ3v) is 5.40. The minimum atomic E-state index is -0.541. The predicted octanol–water partition coefficient (Wildman–Crippen LogP) is 2.34. The summed E-state index contributed by atoms with van der Waals surface area (Å²) in [6.07, 6.45) is 2.26. The minimum Gasteiger partial charge on any atom is -0.465 e. The fourth-order valence-corrected chi connectivity index (χ4v) is 4.20. The van der Waals surface area contributed by atoms with Crippen LogP contribution in [0.4, 0.5) is 0 Å². The Labute approximate surface area is 127 Å². The first kappa shape index (κ1) is 17.8. The number of thioether (sulfide) groups is 1. The number of aliphatic hydroxyl groups excluding tert-OH is 1. The lowest BCUT2D eigenvalue weighted by Crippen LogP contribution is -2.54. The van der Waals surface area contributed by atoms with Crippen molar-refractivity contribution in [3.63, 3.8) is 0 Å². The maximum atomic E-state index is 12.3. The van der Waals surface area contributed by atoms with Gasteiger partial charge in [-0.1, -0.05) is 6.92 Å². The average molecular weight is 303 g/mol. The van der Waals surface area contributed by atoms with Crippen LogP contribution in [0, 0.1) is 0 Å². The van der Waals surface area contributed by atoms with Gasteiger partial charge >= 0.3 is 5.97 Å². The van der Waals surface area contributed by atoms with Crippen LogP contribution in [0.1, 0.15) is 53.9 Å². The highest BCUT2D eigenvalue weighted by Crippen LogP contribution is 2.40. The van der Waals surface area contributed by atoms with E-state index in [2.05, 4.69) is 19.2 Å². The molecule has 0 aromatic rings. The van der Waals surface area contributed by atoms with Crippen molar-refractivity contribution in [2.45, 2.75) is 82.1 Å². The molecule has 1 rings (SSSR count). The number of aliphatic hydroxyl groups is 1. The van der Waals surface area contributed by atoms with Crippen molar-refractivity contribution in [2.75, 3.05) is 6.61 Å². The predicted molar refractivity (Wildman–Crippen MR) is 84.0 cm³/mol. The zero-order valence-electron chi connectivity index (χ0n) is 13.3. The summed E-state index contributed by atoms with van der Waals surface area (Å²) in [6, 6.07) is 0.248. The molecule has 0 spiro atoms. The number of carbonyl (C=O) groups is 1. The molecule has 4 nitrogen and oxygen atoms in total. The molecule has 0 aromatic carbocycles. The fraction of sp³-hybridized carbons (Fsp3) is 0.933. The van der Waals surface area contributed by atoms with E-state index in [-0.39, 0.29) is 23.4 Å². The summed E-state index contributed by atoms with van der Waals surface area (Å²) < 4.78 is 5.27. The highest BCUT2D eigenvalue weighted by Gasteiger charge is 2.47. The van der Waals surface area contributed by atoms with Gasteiger partial charge in [-0.15, -0.1) is 0 Å². The summed E-state index contributed by atoms with van der Waals surface area (Å²) in [4.78, 5) is 12.3. The number of carbonyl (C=O) groups excluding carboxylic acids is 1. The summed E-state index contributed by atoms with van der Waals surface area (Å²) in [7, 11) is 0. The van der Waals surface area contributed by atoms with E-state index in [9.17, 15) is 9.90 Å². The summed E-state index contributed by atoms with van der Waals surface area (Å²) in [5.74, 6) is -0.124. The quantitative estimate of drug-likeness (QED) is 0.707. The van der Waals surface area contributed by atoms with Crippen LogP contribution < -0.4 is 5.32 Å². The molecular formula is C15H29NO3S. The van der Waals surface area contributed by atoms with E-state index in [1.165, 1.54) is 0 Å². The van der Waals surface area contributed by atoms with Crippen molar-refractivity contribution < 1.29 is 14.6 Å². The van der Waals surface area contributed by atoms with Crippen molar-refractivity contribution in [3.8, 4) is 0 Å². The number of hydrogen-bond acceptors (Lipinski definition) is 5. The number of ether oxygens (including phenoxy) is 1. The molecule has 4 unspecified atom stereocenters. The molecule has 0 amide bonds. The number of esters is 1. The first-order valence-corrected chi connectivity index (χ1v) is 8.53. The maximum absolute atomic E-state index is 12.3. The topological polar surface area (TPSA) is 58.6 Å². The van der Waals surface area contributed by atoms with Crippen LogP contribution in [0.2, 0.25) is 0 Å². The Morgan fingerprint density at radius 2 is 2.10 bits per heavy atom. The van der Waals surface area contributed by atoms with Gasteiger partial charge in [0.05, 0.1) is 12.7 Å². The maximum Gasteiger partial charge on any atom is 0.326 e. The number of nitrogens with one attached hydrogen (secondary N) is 1. The standard InChI is InChI=1S/C15H29NO3S/c1-6-19-14(18)15(16-10(2)3)8-7-13(9-15)20-12(5)11(4)17/h10-13,16-17H,6-9H2,1-5H3. The molecule has 0 aromatic heterocycles. The van der Waals surface area contributed by atoms with Crippen LogP contribution in [-0.2, 0) is 9.53 Å². The summed E-state index contributed by atoms with van der Waals surface area (Å²) in [6.45, 7) is 10.2. The first-order chi connectivity index (χ1) is 9.30. The summed E-state index contributed by atoms with van der Waals surface area (Å²) in [5, 5.41) is 13.6. The monoisotopic (exact) mass is 303 g/mol. The van der Waals surface area contributed by atoms with Gasteiger partial charge in [0.25, 0.3) is 0 Å². The smallest absolute Gasteiger partial charge is 0.326 e. The SMILES string of the molecule is CCOC(=O)C1(NC(C)C)CCC(SC(C)C(C)O)C1. The Balaban J connectivity index is 2.71. The zero-order chi connectivity index (χ0) is 15.3. The van der Waals surface area contributed by atoms with Gasteiger partial charge in [0.15, 0.2) is 0 Å². The van der Waals surface area contributed by atoms with Gasteiger partial charge in [-0.25, -0.2) is 0 Å². The lowest BCUT2D eigenvalue weighted by Gasteiger charge is -2.31. The number of hydrogen-bond donors (Lipinski definition) is 2. The van der Waals surface area contributed by atoms with Gasteiger partial charge in [0.2, 0.25) is 0 Å². The van der Waals surface area contributed by atoms with Gasteiger partial charge in [-0.05, 0) is 47.0 Å². The Morgan fingerprint density at radius 3 is 2.60 bits per heavy atom. The first-order valence-electron chi connectivity index (χ1n) is 7.59.